The number of unbranched alkanes of at least 4 members (excludes halogenated alkanes) is 1. The summed E-state index contributed by atoms with van der Waals surface area (Å²) in [5.74, 6) is -2.92. The van der Waals surface area contributed by atoms with Crippen molar-refractivity contribution in [2.24, 2.45) is 0 Å². The largest absolute Gasteiger partial charge is 0.508 e. The lowest BCUT2D eigenvalue weighted by molar-refractivity contribution is -0.318. The number of fused-ring (bicyclic) bond motifs is 2. The third-order valence-corrected chi connectivity index (χ3v) is 10.1. The quantitative estimate of drug-likeness (QED) is 0.0321. The van der Waals surface area contributed by atoms with Gasteiger partial charge in [0, 0.05) is 29.8 Å². The Labute approximate surface area is 335 Å². The number of aliphatic hydroxyl groups excluding tert-OH is 4. The van der Waals surface area contributed by atoms with E-state index in [1.54, 1.807) is 24.5 Å². The van der Waals surface area contributed by atoms with Crippen molar-refractivity contribution in [1.29, 1.82) is 0 Å². The Bertz CT molecular complexity index is 2510. The fourth-order valence-electron chi connectivity index (χ4n) is 7.12. The molecule has 8 N–H and O–H groups in total. The van der Waals surface area contributed by atoms with Crippen molar-refractivity contribution in [3.63, 3.8) is 0 Å². The molecule has 0 saturated carbocycles. The lowest BCUT2D eigenvalue weighted by Crippen LogP contribution is -2.65. The van der Waals surface area contributed by atoms with Crippen LogP contribution in [0.4, 0.5) is 0 Å². The normalized spacial score (nSPS) is 20.3. The van der Waals surface area contributed by atoms with Gasteiger partial charge >= 0.3 is 11.9 Å². The molecule has 0 spiro atoms. The number of carbonyl (C=O) groups excluding carboxylic acids is 1. The van der Waals surface area contributed by atoms with Gasteiger partial charge in [0.05, 0.1) is 22.7 Å². The van der Waals surface area contributed by atoms with E-state index in [-0.39, 0.29) is 40.1 Å². The zero-order valence-corrected chi connectivity index (χ0v) is 31.8. The highest BCUT2D eigenvalue weighted by Gasteiger charge is 2.52. The number of rotatable bonds is 15. The van der Waals surface area contributed by atoms with Crippen LogP contribution in [0.15, 0.2) is 94.6 Å². The Morgan fingerprint density at radius 1 is 1.00 bits per heavy atom. The zero-order chi connectivity index (χ0) is 42.0. The minimum atomic E-state index is -2.29. The number of ether oxygens (including phenoxy) is 3. The van der Waals surface area contributed by atoms with E-state index in [2.05, 4.69) is 10.3 Å². The Balaban J connectivity index is 1.24. The molecule has 1 saturated heterocycles. The second-order valence-corrected chi connectivity index (χ2v) is 14.2. The van der Waals surface area contributed by atoms with Crippen LogP contribution >= 0.6 is 0 Å². The average molecular weight is 814 g/mol. The van der Waals surface area contributed by atoms with E-state index in [1.807, 2.05) is 31.2 Å². The van der Waals surface area contributed by atoms with Crippen LogP contribution < -0.4 is 20.3 Å². The van der Waals surface area contributed by atoms with Crippen molar-refractivity contribution in [3.8, 4) is 33.9 Å². The number of aryl methyl sites for hydroxylation is 2. The van der Waals surface area contributed by atoms with Crippen molar-refractivity contribution in [1.82, 2.24) is 15.0 Å². The predicted molar refractivity (Wildman–Crippen MR) is 210 cm³/mol. The van der Waals surface area contributed by atoms with Gasteiger partial charge < -0.3 is 59.1 Å². The van der Waals surface area contributed by atoms with Crippen LogP contribution in [-0.2, 0) is 25.5 Å². The van der Waals surface area contributed by atoms with E-state index in [0.29, 0.717) is 29.6 Å². The summed E-state index contributed by atoms with van der Waals surface area (Å²) in [5, 5.41) is 65.6. The maximum absolute atomic E-state index is 13.5. The number of aliphatic hydroxyl groups is 4. The van der Waals surface area contributed by atoms with Gasteiger partial charge in [-0.15, -0.1) is 0 Å². The van der Waals surface area contributed by atoms with Gasteiger partial charge in [-0.1, -0.05) is 23.8 Å². The highest BCUT2D eigenvalue weighted by molar-refractivity contribution is 5.98. The fourth-order valence-corrected chi connectivity index (χ4v) is 7.12. The number of aromatic nitrogens is 2. The molecular formula is C42H43N3O14. The van der Waals surface area contributed by atoms with Gasteiger partial charge in [-0.3, -0.25) is 10.1 Å². The summed E-state index contributed by atoms with van der Waals surface area (Å²) in [4.78, 5) is 47.3. The maximum Gasteiger partial charge on any atom is 0.337 e. The summed E-state index contributed by atoms with van der Waals surface area (Å²) in [6, 6.07) is 16.2. The Morgan fingerprint density at radius 2 is 1.78 bits per heavy atom. The minimum absolute atomic E-state index is 0.0288. The highest BCUT2D eigenvalue weighted by atomic mass is 16.8. The van der Waals surface area contributed by atoms with Gasteiger partial charge in [-0.25, -0.2) is 9.59 Å². The number of likely N-dealkylation sites (N-methyl/N-ethyl adjacent to an activating group) is 1. The summed E-state index contributed by atoms with van der Waals surface area (Å²) >= 11 is 0. The van der Waals surface area contributed by atoms with Gasteiger partial charge in [-0.2, -0.15) is 4.73 Å². The molecule has 1 aliphatic rings. The summed E-state index contributed by atoms with van der Waals surface area (Å²) in [6.07, 6.45) is -4.48. The zero-order valence-electron chi connectivity index (χ0n) is 31.8. The number of phenolic OH excluding ortho intramolecular Hbond substituents is 1. The molecular weight excluding hydrogens is 770 g/mol. The number of nitrogens with one attached hydrogen (secondary N) is 2. The molecule has 3 aromatic heterocycles. The molecule has 7 atom stereocenters. The highest BCUT2D eigenvalue weighted by Crippen LogP contribution is 2.34. The van der Waals surface area contributed by atoms with Gasteiger partial charge in [0.2, 0.25) is 24.7 Å². The molecule has 59 heavy (non-hydrogen) atoms. The number of benzene rings is 3. The first kappa shape index (κ1) is 41.0. The van der Waals surface area contributed by atoms with Crippen LogP contribution in [0.5, 0.6) is 11.5 Å². The molecule has 17 nitrogen and oxygen atoms in total. The van der Waals surface area contributed by atoms with E-state index < -0.39 is 55.0 Å². The summed E-state index contributed by atoms with van der Waals surface area (Å²) in [5.41, 5.74) is 4.47. The lowest BCUT2D eigenvalue weighted by Gasteiger charge is -2.42. The second kappa shape index (κ2) is 17.3. The number of phenols is 1. The van der Waals surface area contributed by atoms with E-state index in [1.165, 1.54) is 48.4 Å². The Kier molecular flexibility index (Phi) is 12.0. The van der Waals surface area contributed by atoms with E-state index >= 15 is 0 Å². The van der Waals surface area contributed by atoms with Crippen LogP contribution in [0.2, 0.25) is 0 Å². The number of carboxylic acids is 1. The topological polar surface area (TPSA) is 255 Å². The van der Waals surface area contributed by atoms with Crippen LogP contribution in [0, 0.1) is 6.92 Å². The standard InChI is InChI=1S/C42H43N3O14/c1-21-15-22(5-3-4-14-46)17-25(16-21)33-31-24(12-13-44-31)19-45(33)59-38-36(50)35(49)37(41(54)58-40(53)32(43-2)39(51)52)57-42(38)56-27-10-11-28-30(18-27)55-20-29(34(28)48)23-6-8-26(47)9-7-23/h6-13,15-20,32,35-38,41-44,46-47,49-50,54H,3-5,14H2,1-2H3,(H,51,52). The molecule has 7 unspecified atom stereocenters. The molecule has 310 valence electrons. The molecule has 0 amide bonds. The molecule has 0 aliphatic carbocycles. The number of aromatic amines is 1. The number of hydrogen-bond acceptors (Lipinski definition) is 14. The number of esters is 1. The third kappa shape index (κ3) is 8.52. The molecule has 0 bridgehead atoms. The van der Waals surface area contributed by atoms with Gasteiger partial charge in [0.1, 0.15) is 41.2 Å². The van der Waals surface area contributed by atoms with Crippen molar-refractivity contribution in [2.75, 3.05) is 13.7 Å². The SMILES string of the molecule is CNC(C(=O)O)C(=O)OC(O)C1OC(Oc2ccc3c(=O)c(-c4ccc(O)cc4)coc3c2)C(On2cc3cc[nH]c3c2-c2cc(C)cc(CCCCO)c2)C(O)C1O. The molecule has 4 heterocycles. The number of H-pyrrole nitrogens is 1. The number of aliphatic carboxylic acids is 1. The molecule has 0 radical (unpaired) electrons. The second-order valence-electron chi connectivity index (χ2n) is 14.2. The van der Waals surface area contributed by atoms with Crippen LogP contribution in [0.1, 0.15) is 24.0 Å². The summed E-state index contributed by atoms with van der Waals surface area (Å²) in [6.45, 7) is 2.03. The Morgan fingerprint density at radius 3 is 2.51 bits per heavy atom. The number of nitrogens with zero attached hydrogens (tertiary/aromatic N) is 1. The van der Waals surface area contributed by atoms with Crippen LogP contribution in [0.25, 0.3) is 44.3 Å². The van der Waals surface area contributed by atoms with Crippen LogP contribution in [-0.4, -0.2) is 109 Å². The molecule has 3 aromatic carbocycles. The number of aromatic hydroxyl groups is 1. The summed E-state index contributed by atoms with van der Waals surface area (Å²) in [7, 11) is 1.19. The van der Waals surface area contributed by atoms with E-state index in [0.717, 1.165) is 28.5 Å². The smallest absolute Gasteiger partial charge is 0.337 e. The fraction of sp³-hybridized carbons (Fsp3) is 0.310. The van der Waals surface area contributed by atoms with Crippen LogP contribution in [0.3, 0.4) is 0 Å². The minimum Gasteiger partial charge on any atom is -0.508 e. The number of hydrogen-bond donors (Lipinski definition) is 8. The molecule has 17 heteroatoms. The average Bonchev–Trinajstić information content (AvgIpc) is 3.79. The first-order chi connectivity index (χ1) is 28.4. The monoisotopic (exact) mass is 813 g/mol. The van der Waals surface area contributed by atoms with Gasteiger partial charge in [-0.05, 0) is 86.8 Å². The molecule has 1 aliphatic heterocycles. The number of carbonyl (C=O) groups is 2. The summed E-state index contributed by atoms with van der Waals surface area (Å²) < 4.78 is 24.4. The van der Waals surface area contributed by atoms with E-state index in [4.69, 9.17) is 23.5 Å². The number of carboxylic acid groups (broad SMARTS) is 1. The lowest BCUT2D eigenvalue weighted by atomic mass is 9.98. The van der Waals surface area contributed by atoms with E-state index in [9.17, 15) is 45.0 Å². The van der Waals surface area contributed by atoms with Crippen molar-refractivity contribution < 1.29 is 63.7 Å². The molecule has 1 fully saturated rings. The van der Waals surface area contributed by atoms with Crippen molar-refractivity contribution >= 4 is 33.8 Å². The predicted octanol–water partition coefficient (Wildman–Crippen LogP) is 2.60. The Hall–Kier alpha value is -6.21. The molecule has 7 rings (SSSR count). The van der Waals surface area contributed by atoms with Crippen molar-refractivity contribution in [2.45, 2.75) is 69.2 Å². The van der Waals surface area contributed by atoms with Gasteiger partial charge in [0.15, 0.2) is 11.5 Å². The molecule has 6 aromatic rings. The first-order valence-corrected chi connectivity index (χ1v) is 18.8. The first-order valence-electron chi connectivity index (χ1n) is 18.8. The van der Waals surface area contributed by atoms with Gasteiger partial charge in [0.25, 0.3) is 0 Å². The third-order valence-electron chi connectivity index (χ3n) is 10.1. The maximum atomic E-state index is 13.5. The van der Waals surface area contributed by atoms with Crippen molar-refractivity contribution in [3.05, 3.63) is 107 Å².